The Morgan fingerprint density at radius 2 is 1.56 bits per heavy atom. The fourth-order valence-corrected chi connectivity index (χ4v) is 3.23. The van der Waals surface area contributed by atoms with Gasteiger partial charge in [0.15, 0.2) is 16.6 Å². The first-order chi connectivity index (χ1) is 16.4. The minimum Gasteiger partial charge on any atom is -0.493 e. The highest BCUT2D eigenvalue weighted by atomic mass is 35.5. The van der Waals surface area contributed by atoms with E-state index < -0.39 is 5.91 Å². The molecule has 3 aromatic carbocycles. The summed E-state index contributed by atoms with van der Waals surface area (Å²) in [6, 6.07) is 19.2. The van der Waals surface area contributed by atoms with Crippen molar-refractivity contribution in [2.24, 2.45) is 0 Å². The average Bonchev–Trinajstić information content (AvgIpc) is 2.84. The molecule has 34 heavy (non-hydrogen) atoms. The van der Waals surface area contributed by atoms with E-state index in [1.807, 2.05) is 12.1 Å². The van der Waals surface area contributed by atoms with E-state index in [0.29, 0.717) is 46.5 Å². The zero-order chi connectivity index (χ0) is 24.5. The number of rotatable bonds is 8. The molecule has 0 atom stereocenters. The second-order valence-corrected chi connectivity index (χ2v) is 8.01. The van der Waals surface area contributed by atoms with Gasteiger partial charge in [-0.3, -0.25) is 14.9 Å². The maximum atomic E-state index is 12.6. The average molecular weight is 498 g/mol. The largest absolute Gasteiger partial charge is 0.493 e. The lowest BCUT2D eigenvalue weighted by molar-refractivity contribution is -0.115. The Morgan fingerprint density at radius 1 is 0.912 bits per heavy atom. The van der Waals surface area contributed by atoms with Gasteiger partial charge < -0.3 is 20.1 Å². The molecule has 0 radical (unpaired) electrons. The van der Waals surface area contributed by atoms with Crippen molar-refractivity contribution in [3.63, 3.8) is 0 Å². The van der Waals surface area contributed by atoms with E-state index in [9.17, 15) is 9.59 Å². The summed E-state index contributed by atoms with van der Waals surface area (Å²) in [5.74, 6) is 0.461. The SMILES string of the molecule is CCC(=O)Nc1ccc(NC(=S)NC(=O)c2ccc(OCc3ccc(Cl)cc3)c(OC)c2)cc1. The Kier molecular flexibility index (Phi) is 8.84. The summed E-state index contributed by atoms with van der Waals surface area (Å²) in [4.78, 5) is 24.1. The molecule has 0 unspecified atom stereocenters. The molecule has 0 bridgehead atoms. The van der Waals surface area contributed by atoms with Crippen LogP contribution in [-0.4, -0.2) is 24.0 Å². The highest BCUT2D eigenvalue weighted by Crippen LogP contribution is 2.29. The van der Waals surface area contributed by atoms with Gasteiger partial charge in [0, 0.05) is 28.4 Å². The zero-order valence-electron chi connectivity index (χ0n) is 18.7. The van der Waals surface area contributed by atoms with Crippen LogP contribution in [0.5, 0.6) is 11.5 Å². The first-order valence-corrected chi connectivity index (χ1v) is 11.2. The third-order valence-corrected chi connectivity index (χ3v) is 5.16. The van der Waals surface area contributed by atoms with Crippen molar-refractivity contribution in [3.05, 3.63) is 82.9 Å². The molecule has 0 heterocycles. The van der Waals surface area contributed by atoms with Crippen LogP contribution in [0.1, 0.15) is 29.3 Å². The molecular formula is C25H24ClN3O4S. The third-order valence-electron chi connectivity index (χ3n) is 4.71. The maximum absolute atomic E-state index is 12.6. The summed E-state index contributed by atoms with van der Waals surface area (Å²) >= 11 is 11.2. The van der Waals surface area contributed by atoms with Gasteiger partial charge in [-0.1, -0.05) is 30.7 Å². The number of thiocarbonyl (C=S) groups is 1. The van der Waals surface area contributed by atoms with Crippen LogP contribution in [0.15, 0.2) is 66.7 Å². The predicted molar refractivity (Wildman–Crippen MR) is 138 cm³/mol. The summed E-state index contributed by atoms with van der Waals surface area (Å²) in [5, 5.41) is 9.13. The molecule has 3 aromatic rings. The van der Waals surface area contributed by atoms with Crippen molar-refractivity contribution in [1.29, 1.82) is 0 Å². The molecular weight excluding hydrogens is 474 g/mol. The monoisotopic (exact) mass is 497 g/mol. The molecule has 0 spiro atoms. The number of nitrogens with one attached hydrogen (secondary N) is 3. The highest BCUT2D eigenvalue weighted by molar-refractivity contribution is 7.80. The molecule has 0 aliphatic rings. The highest BCUT2D eigenvalue weighted by Gasteiger charge is 2.13. The third kappa shape index (κ3) is 7.19. The normalized spacial score (nSPS) is 10.2. The summed E-state index contributed by atoms with van der Waals surface area (Å²) < 4.78 is 11.2. The predicted octanol–water partition coefficient (Wildman–Crippen LogP) is 5.40. The Bertz CT molecular complexity index is 1170. The van der Waals surface area contributed by atoms with E-state index in [2.05, 4.69) is 16.0 Å². The van der Waals surface area contributed by atoms with E-state index in [4.69, 9.17) is 33.3 Å². The second-order valence-electron chi connectivity index (χ2n) is 7.17. The van der Waals surface area contributed by atoms with Gasteiger partial charge in [-0.2, -0.15) is 0 Å². The molecule has 3 rings (SSSR count). The Labute approximate surface area is 208 Å². The van der Waals surface area contributed by atoms with Gasteiger partial charge in [0.1, 0.15) is 6.61 Å². The first-order valence-electron chi connectivity index (χ1n) is 10.5. The number of benzene rings is 3. The van der Waals surface area contributed by atoms with E-state index in [1.165, 1.54) is 7.11 Å². The molecule has 0 fully saturated rings. The van der Waals surface area contributed by atoms with Crippen LogP contribution in [-0.2, 0) is 11.4 Å². The summed E-state index contributed by atoms with van der Waals surface area (Å²) in [7, 11) is 1.50. The van der Waals surface area contributed by atoms with E-state index in [-0.39, 0.29) is 11.0 Å². The topological polar surface area (TPSA) is 88.7 Å². The Morgan fingerprint density at radius 3 is 2.18 bits per heavy atom. The van der Waals surface area contributed by atoms with Crippen LogP contribution < -0.4 is 25.4 Å². The van der Waals surface area contributed by atoms with Gasteiger partial charge in [-0.25, -0.2) is 0 Å². The molecule has 0 aromatic heterocycles. The fraction of sp³-hybridized carbons (Fsp3) is 0.160. The van der Waals surface area contributed by atoms with Crippen molar-refractivity contribution in [2.45, 2.75) is 20.0 Å². The minimum atomic E-state index is -0.396. The molecule has 2 amide bonds. The Balaban J connectivity index is 1.57. The van der Waals surface area contributed by atoms with Gasteiger partial charge in [0.25, 0.3) is 5.91 Å². The van der Waals surface area contributed by atoms with Gasteiger partial charge in [0.05, 0.1) is 7.11 Å². The van der Waals surface area contributed by atoms with Gasteiger partial charge in [-0.15, -0.1) is 0 Å². The molecule has 176 valence electrons. The molecule has 3 N–H and O–H groups in total. The summed E-state index contributed by atoms with van der Waals surface area (Å²) in [6.45, 7) is 2.11. The smallest absolute Gasteiger partial charge is 0.257 e. The van der Waals surface area contributed by atoms with Crippen LogP contribution in [0.4, 0.5) is 11.4 Å². The lowest BCUT2D eigenvalue weighted by Gasteiger charge is -2.13. The number of halogens is 1. The second kappa shape index (κ2) is 12.0. The van der Waals surface area contributed by atoms with E-state index >= 15 is 0 Å². The van der Waals surface area contributed by atoms with Gasteiger partial charge in [0.2, 0.25) is 5.91 Å². The van der Waals surface area contributed by atoms with Crippen molar-refractivity contribution < 1.29 is 19.1 Å². The lowest BCUT2D eigenvalue weighted by Crippen LogP contribution is -2.34. The van der Waals surface area contributed by atoms with Crippen molar-refractivity contribution >= 4 is 52.1 Å². The summed E-state index contributed by atoms with van der Waals surface area (Å²) in [5.41, 5.74) is 2.66. The Hall–Kier alpha value is -3.62. The number of hydrogen-bond acceptors (Lipinski definition) is 5. The number of hydrogen-bond donors (Lipinski definition) is 3. The molecule has 7 nitrogen and oxygen atoms in total. The van der Waals surface area contributed by atoms with E-state index in [0.717, 1.165) is 5.56 Å². The van der Waals surface area contributed by atoms with Crippen LogP contribution in [0, 0.1) is 0 Å². The van der Waals surface area contributed by atoms with Crippen molar-refractivity contribution in [3.8, 4) is 11.5 Å². The number of amides is 2. The van der Waals surface area contributed by atoms with Crippen molar-refractivity contribution in [2.75, 3.05) is 17.7 Å². The van der Waals surface area contributed by atoms with Gasteiger partial charge >= 0.3 is 0 Å². The molecule has 0 saturated carbocycles. The number of carbonyl (C=O) groups excluding carboxylic acids is 2. The van der Waals surface area contributed by atoms with Crippen LogP contribution >= 0.6 is 23.8 Å². The zero-order valence-corrected chi connectivity index (χ0v) is 20.3. The number of carbonyl (C=O) groups is 2. The molecule has 0 saturated heterocycles. The van der Waals surface area contributed by atoms with Crippen LogP contribution in [0.2, 0.25) is 5.02 Å². The number of ether oxygens (including phenoxy) is 2. The number of anilines is 2. The van der Waals surface area contributed by atoms with Crippen LogP contribution in [0.3, 0.4) is 0 Å². The lowest BCUT2D eigenvalue weighted by atomic mass is 10.2. The molecule has 9 heteroatoms. The maximum Gasteiger partial charge on any atom is 0.257 e. The molecule has 0 aliphatic heterocycles. The quantitative estimate of drug-likeness (QED) is 0.361. The fourth-order valence-electron chi connectivity index (χ4n) is 2.89. The minimum absolute atomic E-state index is 0.0691. The molecule has 0 aliphatic carbocycles. The van der Waals surface area contributed by atoms with Gasteiger partial charge in [-0.05, 0) is 72.4 Å². The van der Waals surface area contributed by atoms with Crippen LogP contribution in [0.25, 0.3) is 0 Å². The van der Waals surface area contributed by atoms with Crippen molar-refractivity contribution in [1.82, 2.24) is 5.32 Å². The summed E-state index contributed by atoms with van der Waals surface area (Å²) in [6.07, 6.45) is 0.399. The number of methoxy groups -OCH3 is 1. The van der Waals surface area contributed by atoms with E-state index in [1.54, 1.807) is 61.5 Å². The standard InChI is InChI=1S/C25H24ClN3O4S/c1-3-23(30)27-19-9-11-20(12-10-19)28-25(34)29-24(31)17-6-13-21(22(14-17)32-2)33-15-16-4-7-18(26)8-5-16/h4-14H,3,15H2,1-2H3,(H,27,30)(H2,28,29,31,34). The first kappa shape index (κ1) is 25.0.